The molecule has 0 nitrogen and oxygen atoms in total. The summed E-state index contributed by atoms with van der Waals surface area (Å²) in [6.45, 7) is 2.30. The van der Waals surface area contributed by atoms with Crippen LogP contribution in [0.2, 0.25) is 0 Å². The molecule has 0 saturated carbocycles. The first-order valence-corrected chi connectivity index (χ1v) is 13.4. The molecule has 0 saturated heterocycles. The van der Waals surface area contributed by atoms with Crippen molar-refractivity contribution < 1.29 is 0 Å². The first-order valence-electron chi connectivity index (χ1n) is 13.4. The summed E-state index contributed by atoms with van der Waals surface area (Å²) in [7, 11) is 0. The van der Waals surface area contributed by atoms with Gasteiger partial charge in [0.25, 0.3) is 0 Å². The number of fused-ring (bicyclic) bond motifs is 1. The summed E-state index contributed by atoms with van der Waals surface area (Å²) in [6.07, 6.45) is 7.93. The Balaban J connectivity index is 1.30. The minimum atomic E-state index is 0.512. The fourth-order valence-electron chi connectivity index (χ4n) is 5.51. The van der Waals surface area contributed by atoms with Crippen molar-refractivity contribution in [2.75, 3.05) is 0 Å². The van der Waals surface area contributed by atoms with E-state index < -0.39 is 0 Å². The van der Waals surface area contributed by atoms with Crippen LogP contribution in [-0.2, 0) is 12.8 Å². The number of benzene rings is 5. The van der Waals surface area contributed by atoms with Crippen molar-refractivity contribution in [3.63, 3.8) is 0 Å². The van der Waals surface area contributed by atoms with Crippen molar-refractivity contribution in [1.29, 1.82) is 0 Å². The quantitative estimate of drug-likeness (QED) is 0.221. The summed E-state index contributed by atoms with van der Waals surface area (Å²) in [4.78, 5) is 0. The standard InChI is InChI=1S/C37H32/c1-27-10-8-9-15-33-23-29(18-21-37(27)33)22-28-16-19-32(20-17-28)36-25-34(30-11-4-2-5-12-30)24-35(26-36)31-13-6-3-7-14-31/h2-8,10-14,16-21,23-27H,9,15,22H2,1H3. The summed E-state index contributed by atoms with van der Waals surface area (Å²) >= 11 is 0. The zero-order chi connectivity index (χ0) is 25.0. The van der Waals surface area contributed by atoms with Crippen LogP contribution in [0.3, 0.4) is 0 Å². The Morgan fingerprint density at radius 3 is 1.68 bits per heavy atom. The van der Waals surface area contributed by atoms with Crippen molar-refractivity contribution in [2.24, 2.45) is 0 Å². The van der Waals surface area contributed by atoms with Crippen LogP contribution in [0.25, 0.3) is 33.4 Å². The van der Waals surface area contributed by atoms with Gasteiger partial charge < -0.3 is 0 Å². The van der Waals surface area contributed by atoms with E-state index in [4.69, 9.17) is 0 Å². The van der Waals surface area contributed by atoms with Gasteiger partial charge in [0.15, 0.2) is 0 Å². The van der Waals surface area contributed by atoms with E-state index in [1.54, 1.807) is 0 Å². The van der Waals surface area contributed by atoms with Crippen LogP contribution in [0.15, 0.2) is 133 Å². The molecule has 0 N–H and O–H groups in total. The van der Waals surface area contributed by atoms with E-state index in [-0.39, 0.29) is 0 Å². The van der Waals surface area contributed by atoms with Crippen LogP contribution in [0.1, 0.15) is 41.5 Å². The van der Waals surface area contributed by atoms with Crippen LogP contribution < -0.4 is 0 Å². The summed E-state index contributed by atoms with van der Waals surface area (Å²) in [5.41, 5.74) is 13.2. The van der Waals surface area contributed by atoms with Gasteiger partial charge in [-0.1, -0.05) is 122 Å². The first-order chi connectivity index (χ1) is 18.2. The Kier molecular flexibility index (Phi) is 6.57. The van der Waals surface area contributed by atoms with Crippen molar-refractivity contribution in [2.45, 2.75) is 32.1 Å². The Morgan fingerprint density at radius 1 is 0.541 bits per heavy atom. The fraction of sp³-hybridized carbons (Fsp3) is 0.135. The third-order valence-corrected chi connectivity index (χ3v) is 7.55. The average molecular weight is 477 g/mol. The van der Waals surface area contributed by atoms with E-state index in [1.807, 2.05) is 0 Å². The molecule has 0 bridgehead atoms. The van der Waals surface area contributed by atoms with E-state index >= 15 is 0 Å². The molecular weight excluding hydrogens is 444 g/mol. The lowest BCUT2D eigenvalue weighted by molar-refractivity contribution is 0.936. The minimum Gasteiger partial charge on any atom is -0.0876 e. The van der Waals surface area contributed by atoms with Gasteiger partial charge in [0.05, 0.1) is 0 Å². The van der Waals surface area contributed by atoms with Crippen LogP contribution in [0.5, 0.6) is 0 Å². The molecule has 0 aliphatic heterocycles. The van der Waals surface area contributed by atoms with E-state index in [0.717, 1.165) is 19.3 Å². The van der Waals surface area contributed by atoms with Crippen molar-refractivity contribution in [1.82, 2.24) is 0 Å². The lowest BCUT2D eigenvalue weighted by Crippen LogP contribution is -1.98. The monoisotopic (exact) mass is 476 g/mol. The average Bonchev–Trinajstić information content (AvgIpc) is 3.15. The molecule has 5 aromatic carbocycles. The summed E-state index contributed by atoms with van der Waals surface area (Å²) < 4.78 is 0. The normalized spacial score (nSPS) is 14.7. The molecule has 0 spiro atoms. The number of aryl methyl sites for hydroxylation is 1. The highest BCUT2D eigenvalue weighted by molar-refractivity contribution is 5.81. The zero-order valence-electron chi connectivity index (χ0n) is 21.4. The molecule has 1 unspecified atom stereocenters. The van der Waals surface area contributed by atoms with Gasteiger partial charge in [0, 0.05) is 0 Å². The SMILES string of the molecule is CC1C=CCCc2cc(Cc3ccc(-c4cc(-c5ccccc5)cc(-c5ccccc5)c4)cc3)ccc21. The highest BCUT2D eigenvalue weighted by Crippen LogP contribution is 2.33. The maximum atomic E-state index is 2.43. The van der Waals surface area contributed by atoms with Crippen molar-refractivity contribution >= 4 is 0 Å². The molecule has 0 aromatic heterocycles. The third-order valence-electron chi connectivity index (χ3n) is 7.55. The lowest BCUT2D eigenvalue weighted by atomic mass is 9.91. The first kappa shape index (κ1) is 23.3. The largest absolute Gasteiger partial charge is 0.0876 e. The second kappa shape index (κ2) is 10.4. The van der Waals surface area contributed by atoms with E-state index in [1.165, 1.54) is 55.6 Å². The van der Waals surface area contributed by atoms with Crippen molar-refractivity contribution in [3.8, 4) is 33.4 Å². The molecule has 1 atom stereocenters. The predicted molar refractivity (Wildman–Crippen MR) is 158 cm³/mol. The molecule has 0 heterocycles. The van der Waals surface area contributed by atoms with Crippen molar-refractivity contribution in [3.05, 3.63) is 156 Å². The number of hydrogen-bond acceptors (Lipinski definition) is 0. The van der Waals surface area contributed by atoms with Gasteiger partial charge in [-0.05, 0) is 99.0 Å². The molecule has 0 heteroatoms. The fourth-order valence-corrected chi connectivity index (χ4v) is 5.51. The molecule has 37 heavy (non-hydrogen) atoms. The van der Waals surface area contributed by atoms with Gasteiger partial charge >= 0.3 is 0 Å². The topological polar surface area (TPSA) is 0 Å². The van der Waals surface area contributed by atoms with E-state index in [0.29, 0.717) is 5.92 Å². The zero-order valence-corrected chi connectivity index (χ0v) is 21.4. The van der Waals surface area contributed by atoms with Gasteiger partial charge in [0.2, 0.25) is 0 Å². The van der Waals surface area contributed by atoms with Crippen LogP contribution in [0, 0.1) is 0 Å². The molecule has 6 rings (SSSR count). The molecule has 5 aromatic rings. The molecule has 180 valence electrons. The number of rotatable bonds is 5. The molecule has 0 amide bonds. The Hall–Kier alpha value is -4.16. The predicted octanol–water partition coefficient (Wildman–Crippen LogP) is 9.88. The van der Waals surface area contributed by atoms with Gasteiger partial charge in [-0.3, -0.25) is 0 Å². The minimum absolute atomic E-state index is 0.512. The number of allylic oxidation sites excluding steroid dienone is 2. The second-order valence-electron chi connectivity index (χ2n) is 10.2. The number of hydrogen-bond donors (Lipinski definition) is 0. The highest BCUT2D eigenvalue weighted by atomic mass is 14.2. The maximum absolute atomic E-state index is 2.43. The van der Waals surface area contributed by atoms with Gasteiger partial charge in [-0.25, -0.2) is 0 Å². The van der Waals surface area contributed by atoms with Gasteiger partial charge in [-0.15, -0.1) is 0 Å². The Morgan fingerprint density at radius 2 is 1.08 bits per heavy atom. The second-order valence-corrected chi connectivity index (χ2v) is 10.2. The molecule has 1 aliphatic carbocycles. The maximum Gasteiger partial charge on any atom is -0.000771 e. The summed E-state index contributed by atoms with van der Waals surface area (Å²) in [5.74, 6) is 0.512. The van der Waals surface area contributed by atoms with Crippen LogP contribution in [-0.4, -0.2) is 0 Å². The lowest BCUT2D eigenvalue weighted by Gasteiger charge is -2.14. The highest BCUT2D eigenvalue weighted by Gasteiger charge is 2.12. The van der Waals surface area contributed by atoms with Gasteiger partial charge in [0.1, 0.15) is 0 Å². The molecule has 0 radical (unpaired) electrons. The van der Waals surface area contributed by atoms with Crippen LogP contribution in [0.4, 0.5) is 0 Å². The Labute approximate surface area is 221 Å². The van der Waals surface area contributed by atoms with E-state index in [2.05, 4.69) is 140 Å². The summed E-state index contributed by atoms with van der Waals surface area (Å²) in [5, 5.41) is 0. The molecular formula is C37H32. The summed E-state index contributed by atoms with van der Waals surface area (Å²) in [6, 6.07) is 44.5. The smallest absolute Gasteiger partial charge is 0.000771 e. The van der Waals surface area contributed by atoms with Gasteiger partial charge in [-0.2, -0.15) is 0 Å². The molecule has 1 aliphatic rings. The van der Waals surface area contributed by atoms with E-state index in [9.17, 15) is 0 Å². The molecule has 0 fully saturated rings. The third kappa shape index (κ3) is 5.20. The van der Waals surface area contributed by atoms with Crippen LogP contribution >= 0.6 is 0 Å². The Bertz CT molecular complexity index is 1470.